The van der Waals surface area contributed by atoms with Gasteiger partial charge in [0.25, 0.3) is 11.8 Å². The lowest BCUT2D eigenvalue weighted by molar-refractivity contribution is -0.135. The van der Waals surface area contributed by atoms with Crippen LogP contribution in [0.15, 0.2) is 79.0 Å². The number of H-pyrrole nitrogens is 1. The maximum Gasteiger partial charge on any atom is 0.272 e. The summed E-state index contributed by atoms with van der Waals surface area (Å²) in [6.45, 7) is 7.01. The first-order chi connectivity index (χ1) is 19.7. The SMILES string of the molecule is CC(C)(C)[C@H](NC(=O)c1cc2ccccc2[nH]1)C(=O)N1C[C@H]2N(C(=O)c3ccc(-c4ccccc4)cn3)CC23C[C@H]13.[HH].[HH]. The molecule has 8 heteroatoms. The number of carbonyl (C=O) groups excluding carboxylic acids is 3. The van der Waals surface area contributed by atoms with Gasteiger partial charge in [0, 0.05) is 50.1 Å². The summed E-state index contributed by atoms with van der Waals surface area (Å²) in [7, 11) is 0. The van der Waals surface area contributed by atoms with E-state index >= 15 is 0 Å². The first-order valence-electron chi connectivity index (χ1n) is 14.2. The molecule has 7 rings (SSSR count). The number of likely N-dealkylation sites (tertiary alicyclic amines) is 2. The van der Waals surface area contributed by atoms with Gasteiger partial charge in [-0.05, 0) is 35.6 Å². The zero-order valence-electron chi connectivity index (χ0n) is 23.4. The molecule has 1 saturated carbocycles. The van der Waals surface area contributed by atoms with Gasteiger partial charge in [-0.3, -0.25) is 19.4 Å². The first-order valence-corrected chi connectivity index (χ1v) is 14.2. The molecule has 41 heavy (non-hydrogen) atoms. The molecule has 0 radical (unpaired) electrons. The first kappa shape index (κ1) is 25.5. The summed E-state index contributed by atoms with van der Waals surface area (Å²) in [5.74, 6) is -0.486. The third kappa shape index (κ3) is 4.12. The minimum Gasteiger partial charge on any atom is -0.351 e. The van der Waals surface area contributed by atoms with Crippen molar-refractivity contribution in [3.05, 3.63) is 90.4 Å². The van der Waals surface area contributed by atoms with Gasteiger partial charge in [-0.1, -0.05) is 75.4 Å². The third-order valence-electron chi connectivity index (χ3n) is 9.12. The minimum atomic E-state index is -0.701. The van der Waals surface area contributed by atoms with Crippen LogP contribution < -0.4 is 5.32 Å². The molecule has 2 saturated heterocycles. The lowest BCUT2D eigenvalue weighted by Gasteiger charge is -2.46. The molecule has 2 aliphatic heterocycles. The molecule has 8 nitrogen and oxygen atoms in total. The van der Waals surface area contributed by atoms with E-state index in [1.807, 2.05) is 97.3 Å². The van der Waals surface area contributed by atoms with Crippen molar-refractivity contribution < 1.29 is 17.2 Å². The Hall–Kier alpha value is -4.46. The Morgan fingerprint density at radius 1 is 0.976 bits per heavy atom. The van der Waals surface area contributed by atoms with Crippen LogP contribution in [0.3, 0.4) is 0 Å². The fraction of sp³-hybridized carbons (Fsp3) is 0.333. The van der Waals surface area contributed by atoms with E-state index in [1.165, 1.54) is 0 Å². The number of amides is 3. The molecule has 3 amide bonds. The van der Waals surface area contributed by atoms with Crippen LogP contribution in [0.5, 0.6) is 0 Å². The van der Waals surface area contributed by atoms with Crippen LogP contribution in [0.1, 0.15) is 51.0 Å². The fourth-order valence-electron chi connectivity index (χ4n) is 6.72. The number of nitrogens with zero attached hydrogens (tertiary/aromatic N) is 3. The summed E-state index contributed by atoms with van der Waals surface area (Å²) in [6, 6.07) is 22.6. The van der Waals surface area contributed by atoms with Gasteiger partial charge in [0.2, 0.25) is 5.91 Å². The van der Waals surface area contributed by atoms with Crippen molar-refractivity contribution >= 4 is 28.6 Å². The molecule has 1 unspecified atom stereocenters. The Labute approximate surface area is 241 Å². The molecule has 4 aromatic rings. The summed E-state index contributed by atoms with van der Waals surface area (Å²) in [4.78, 5) is 52.1. The van der Waals surface area contributed by atoms with Crippen molar-refractivity contribution in [1.82, 2.24) is 25.1 Å². The Balaban J connectivity index is 0.00000184. The molecular formula is C33H37N5O3. The van der Waals surface area contributed by atoms with Crippen LogP contribution in [0.2, 0.25) is 0 Å². The van der Waals surface area contributed by atoms with Crippen LogP contribution >= 0.6 is 0 Å². The number of aromatic amines is 1. The maximum absolute atomic E-state index is 14.0. The van der Waals surface area contributed by atoms with Crippen molar-refractivity contribution in [2.45, 2.75) is 45.3 Å². The molecule has 3 aliphatic rings. The number of benzene rings is 2. The average molecular weight is 552 g/mol. The fourth-order valence-corrected chi connectivity index (χ4v) is 6.72. The predicted molar refractivity (Wildman–Crippen MR) is 160 cm³/mol. The third-order valence-corrected chi connectivity index (χ3v) is 9.12. The van der Waals surface area contributed by atoms with E-state index in [9.17, 15) is 14.4 Å². The van der Waals surface area contributed by atoms with Gasteiger partial charge in [-0.25, -0.2) is 0 Å². The summed E-state index contributed by atoms with van der Waals surface area (Å²) < 4.78 is 0. The second-order valence-electron chi connectivity index (χ2n) is 12.7. The molecule has 3 fully saturated rings. The maximum atomic E-state index is 14.0. The second kappa shape index (κ2) is 9.03. The molecule has 2 aromatic carbocycles. The van der Waals surface area contributed by atoms with Crippen LogP contribution in [-0.4, -0.2) is 68.7 Å². The van der Waals surface area contributed by atoms with E-state index in [1.54, 1.807) is 12.3 Å². The number of carbonyl (C=O) groups is 3. The van der Waals surface area contributed by atoms with E-state index in [-0.39, 0.29) is 38.1 Å². The van der Waals surface area contributed by atoms with E-state index in [4.69, 9.17) is 0 Å². The standard InChI is InChI=1S/C33H33N5O3.2H2/c1-32(2,3)28(36-29(39)25-15-21-11-7-8-12-23(21)35-25)31(41)37-18-27-33(16-26(33)37)19-38(27)30(40)24-14-13-22(17-34-24)20-9-5-4-6-10-20;;/h4-15,17,26-28,35H,16,18-19H2,1-3H3,(H,36,39);2*1H/t26-,27+,28+,33?;;/m0../s1. The number of fused-ring (bicyclic) bond motifs is 1. The van der Waals surface area contributed by atoms with Crippen molar-refractivity contribution in [2.24, 2.45) is 10.8 Å². The largest absolute Gasteiger partial charge is 0.351 e. The van der Waals surface area contributed by atoms with Gasteiger partial charge < -0.3 is 20.1 Å². The van der Waals surface area contributed by atoms with Crippen LogP contribution in [0.25, 0.3) is 22.0 Å². The number of para-hydroxylation sites is 1. The Morgan fingerprint density at radius 2 is 1.73 bits per heavy atom. The van der Waals surface area contributed by atoms with E-state index < -0.39 is 11.5 Å². The highest BCUT2D eigenvalue weighted by Crippen LogP contribution is 2.65. The van der Waals surface area contributed by atoms with Gasteiger partial charge >= 0.3 is 0 Å². The Morgan fingerprint density at radius 3 is 2.44 bits per heavy atom. The number of pyridine rings is 1. The van der Waals surface area contributed by atoms with Gasteiger partial charge in [0.1, 0.15) is 17.4 Å². The van der Waals surface area contributed by atoms with Gasteiger partial charge in [-0.15, -0.1) is 0 Å². The molecule has 0 bridgehead atoms. The second-order valence-corrected chi connectivity index (χ2v) is 12.7. The Kier molecular flexibility index (Phi) is 5.61. The highest BCUT2D eigenvalue weighted by Gasteiger charge is 2.76. The topological polar surface area (TPSA) is 98.4 Å². The zero-order chi connectivity index (χ0) is 28.5. The van der Waals surface area contributed by atoms with E-state index in [0.717, 1.165) is 28.5 Å². The van der Waals surface area contributed by atoms with Crippen LogP contribution in [0.4, 0.5) is 0 Å². The molecule has 1 aliphatic carbocycles. The normalized spacial score (nSPS) is 23.4. The van der Waals surface area contributed by atoms with E-state index in [2.05, 4.69) is 15.3 Å². The van der Waals surface area contributed by atoms with Gasteiger partial charge in [-0.2, -0.15) is 0 Å². The van der Waals surface area contributed by atoms with Crippen molar-refractivity contribution in [2.75, 3.05) is 13.1 Å². The number of piperidine rings is 1. The smallest absolute Gasteiger partial charge is 0.272 e. The van der Waals surface area contributed by atoms with Gasteiger partial charge in [0.05, 0.1) is 6.04 Å². The lowest BCUT2D eigenvalue weighted by Crippen LogP contribution is -2.61. The van der Waals surface area contributed by atoms with Crippen LogP contribution in [-0.2, 0) is 4.79 Å². The number of rotatable bonds is 5. The zero-order valence-corrected chi connectivity index (χ0v) is 23.4. The Bertz CT molecular complexity index is 1650. The van der Waals surface area contributed by atoms with Crippen molar-refractivity contribution in [3.8, 4) is 11.1 Å². The lowest BCUT2D eigenvalue weighted by atomic mass is 9.85. The summed E-state index contributed by atoms with van der Waals surface area (Å²) in [6.07, 6.45) is 2.63. The molecule has 212 valence electrons. The van der Waals surface area contributed by atoms with Gasteiger partial charge in [0.15, 0.2) is 0 Å². The molecule has 1 spiro atoms. The summed E-state index contributed by atoms with van der Waals surface area (Å²) >= 11 is 0. The summed E-state index contributed by atoms with van der Waals surface area (Å²) in [5, 5.41) is 3.97. The molecular weight excluding hydrogens is 514 g/mol. The predicted octanol–water partition coefficient (Wildman–Crippen LogP) is 4.99. The van der Waals surface area contributed by atoms with Crippen molar-refractivity contribution in [1.29, 1.82) is 0 Å². The summed E-state index contributed by atoms with van der Waals surface area (Å²) in [5.41, 5.74) is 3.21. The molecule has 2 N–H and O–H groups in total. The van der Waals surface area contributed by atoms with E-state index in [0.29, 0.717) is 24.5 Å². The van der Waals surface area contributed by atoms with Crippen molar-refractivity contribution in [3.63, 3.8) is 0 Å². The number of hydrogen-bond acceptors (Lipinski definition) is 4. The monoisotopic (exact) mass is 551 g/mol. The highest BCUT2D eigenvalue weighted by molar-refractivity contribution is 6.00. The average Bonchev–Trinajstić information content (AvgIpc) is 3.48. The van der Waals surface area contributed by atoms with Crippen LogP contribution in [0, 0.1) is 10.8 Å². The minimum absolute atomic E-state index is 0. The number of hydrogen-bond donors (Lipinski definition) is 2. The molecule has 4 heterocycles. The quantitative estimate of drug-likeness (QED) is 0.365. The number of aromatic nitrogens is 2. The highest BCUT2D eigenvalue weighted by atomic mass is 16.2. The molecule has 4 atom stereocenters. The number of nitrogens with one attached hydrogen (secondary N) is 2. The molecule has 2 aromatic heterocycles.